The van der Waals surface area contributed by atoms with E-state index in [1.807, 2.05) is 36.2 Å². The summed E-state index contributed by atoms with van der Waals surface area (Å²) >= 11 is 1.01. The van der Waals surface area contributed by atoms with E-state index >= 15 is 0 Å². The molecule has 0 bridgehead atoms. The highest BCUT2D eigenvalue weighted by Crippen LogP contribution is 2.22. The number of nitrogens with zero attached hydrogens (tertiary/aromatic N) is 3. The van der Waals surface area contributed by atoms with Gasteiger partial charge in [-0.25, -0.2) is 9.97 Å². The largest absolute Gasteiger partial charge is 0.494 e. The SMILES string of the molecule is COc1cc(N(C)CCOc2ccc(Cc3sc(=O)[nH]c3O)cc2)ncn1. The van der Waals surface area contributed by atoms with Crippen LogP contribution in [-0.4, -0.2) is 47.4 Å². The van der Waals surface area contributed by atoms with Crippen molar-refractivity contribution in [3.8, 4) is 17.5 Å². The smallest absolute Gasteiger partial charge is 0.307 e. The molecule has 0 saturated carbocycles. The quantitative estimate of drug-likeness (QED) is 0.609. The summed E-state index contributed by atoms with van der Waals surface area (Å²) in [6.07, 6.45) is 1.96. The van der Waals surface area contributed by atoms with Crippen LogP contribution in [-0.2, 0) is 6.42 Å². The normalized spacial score (nSPS) is 10.6. The van der Waals surface area contributed by atoms with Crippen LogP contribution in [0, 0.1) is 0 Å². The zero-order valence-electron chi connectivity index (χ0n) is 15.0. The number of methoxy groups -OCH3 is 1. The fourth-order valence-corrected chi connectivity index (χ4v) is 3.18. The van der Waals surface area contributed by atoms with Crippen molar-refractivity contribution in [3.05, 3.63) is 56.8 Å². The van der Waals surface area contributed by atoms with Crippen LogP contribution in [0.1, 0.15) is 10.4 Å². The molecule has 0 spiro atoms. The lowest BCUT2D eigenvalue weighted by Gasteiger charge is -2.18. The number of ether oxygens (including phenoxy) is 2. The number of aromatic nitrogens is 3. The lowest BCUT2D eigenvalue weighted by atomic mass is 10.1. The number of H-pyrrole nitrogens is 1. The van der Waals surface area contributed by atoms with Crippen molar-refractivity contribution in [2.75, 3.05) is 32.2 Å². The average Bonchev–Trinajstić information content (AvgIpc) is 3.00. The van der Waals surface area contributed by atoms with Gasteiger partial charge in [0.1, 0.15) is 24.5 Å². The minimum absolute atomic E-state index is 0.0604. The van der Waals surface area contributed by atoms with Crippen molar-refractivity contribution < 1.29 is 14.6 Å². The van der Waals surface area contributed by atoms with E-state index in [9.17, 15) is 9.90 Å². The van der Waals surface area contributed by atoms with E-state index in [1.54, 1.807) is 13.2 Å². The van der Waals surface area contributed by atoms with Crippen LogP contribution in [0.5, 0.6) is 17.5 Å². The Morgan fingerprint density at radius 3 is 2.70 bits per heavy atom. The molecule has 9 heteroatoms. The molecule has 0 aliphatic rings. The molecule has 27 heavy (non-hydrogen) atoms. The second-order valence-electron chi connectivity index (χ2n) is 5.80. The van der Waals surface area contributed by atoms with E-state index in [4.69, 9.17) is 9.47 Å². The number of anilines is 1. The van der Waals surface area contributed by atoms with Crippen molar-refractivity contribution >= 4 is 17.2 Å². The number of aromatic hydroxyl groups is 1. The first-order valence-corrected chi connectivity index (χ1v) is 9.06. The minimum Gasteiger partial charge on any atom is -0.494 e. The topological polar surface area (TPSA) is 101 Å². The minimum atomic E-state index is -0.257. The zero-order chi connectivity index (χ0) is 19.2. The average molecular weight is 388 g/mol. The van der Waals surface area contributed by atoms with Gasteiger partial charge in [0.15, 0.2) is 0 Å². The molecule has 0 aliphatic heterocycles. The molecule has 3 rings (SSSR count). The van der Waals surface area contributed by atoms with E-state index in [0.717, 1.165) is 28.5 Å². The number of benzene rings is 1. The molecule has 3 aromatic rings. The summed E-state index contributed by atoms with van der Waals surface area (Å²) in [4.78, 5) is 24.1. The Morgan fingerprint density at radius 1 is 1.26 bits per heavy atom. The molecule has 2 N–H and O–H groups in total. The third-order valence-electron chi connectivity index (χ3n) is 3.91. The van der Waals surface area contributed by atoms with Gasteiger partial charge in [0, 0.05) is 19.5 Å². The number of likely N-dealkylation sites (N-methyl/N-ethyl adjacent to an activating group) is 1. The molecule has 0 radical (unpaired) electrons. The van der Waals surface area contributed by atoms with Gasteiger partial charge in [-0.3, -0.25) is 9.78 Å². The Hall–Kier alpha value is -3.07. The summed E-state index contributed by atoms with van der Waals surface area (Å²) in [5.41, 5.74) is 0.984. The summed E-state index contributed by atoms with van der Waals surface area (Å²) in [5, 5.41) is 9.65. The number of hydrogen-bond acceptors (Lipinski definition) is 8. The molecule has 0 fully saturated rings. The van der Waals surface area contributed by atoms with Gasteiger partial charge in [0.2, 0.25) is 11.8 Å². The first-order valence-electron chi connectivity index (χ1n) is 8.25. The number of aromatic amines is 1. The van der Waals surface area contributed by atoms with Gasteiger partial charge in [-0.05, 0) is 17.7 Å². The van der Waals surface area contributed by atoms with E-state index in [0.29, 0.717) is 30.3 Å². The molecule has 142 valence electrons. The van der Waals surface area contributed by atoms with Crippen LogP contribution in [0.25, 0.3) is 0 Å². The molecule has 0 unspecified atom stereocenters. The molecule has 0 saturated heterocycles. The second-order valence-corrected chi connectivity index (χ2v) is 6.86. The summed E-state index contributed by atoms with van der Waals surface area (Å²) < 4.78 is 10.9. The maximum atomic E-state index is 11.2. The van der Waals surface area contributed by atoms with Gasteiger partial charge >= 0.3 is 4.87 Å². The molecule has 1 aromatic carbocycles. The second kappa shape index (κ2) is 8.54. The predicted octanol–water partition coefficient (Wildman–Crippen LogP) is 2.05. The molecule has 2 heterocycles. The van der Waals surface area contributed by atoms with Crippen LogP contribution in [0.15, 0.2) is 41.5 Å². The maximum Gasteiger partial charge on any atom is 0.307 e. The number of hydrogen-bond donors (Lipinski definition) is 2. The van der Waals surface area contributed by atoms with Crippen molar-refractivity contribution in [2.24, 2.45) is 0 Å². The van der Waals surface area contributed by atoms with Crippen LogP contribution >= 0.6 is 11.3 Å². The lowest BCUT2D eigenvalue weighted by Crippen LogP contribution is -2.24. The Morgan fingerprint density at radius 2 is 2.04 bits per heavy atom. The van der Waals surface area contributed by atoms with Gasteiger partial charge in [-0.15, -0.1) is 0 Å². The van der Waals surface area contributed by atoms with Crippen LogP contribution in [0.2, 0.25) is 0 Å². The third kappa shape index (κ3) is 4.98. The molecule has 0 atom stereocenters. The van der Waals surface area contributed by atoms with E-state index in [1.165, 1.54) is 6.33 Å². The highest BCUT2D eigenvalue weighted by atomic mass is 32.1. The van der Waals surface area contributed by atoms with Crippen LogP contribution in [0.3, 0.4) is 0 Å². The predicted molar refractivity (Wildman–Crippen MR) is 103 cm³/mol. The molecular weight excluding hydrogens is 368 g/mol. The van der Waals surface area contributed by atoms with Gasteiger partial charge in [-0.1, -0.05) is 23.5 Å². The summed E-state index contributed by atoms with van der Waals surface area (Å²) in [5.74, 6) is 1.96. The van der Waals surface area contributed by atoms with Crippen molar-refractivity contribution in [1.82, 2.24) is 15.0 Å². The Kier molecular flexibility index (Phi) is 5.92. The Balaban J connectivity index is 1.51. The first kappa shape index (κ1) is 18.7. The van der Waals surface area contributed by atoms with Gasteiger partial charge < -0.3 is 19.5 Å². The van der Waals surface area contributed by atoms with Gasteiger partial charge in [0.05, 0.1) is 18.5 Å². The summed E-state index contributed by atoms with van der Waals surface area (Å²) in [7, 11) is 3.49. The fraction of sp³-hybridized carbons (Fsp3) is 0.278. The number of thiazole rings is 1. The van der Waals surface area contributed by atoms with Gasteiger partial charge in [0.25, 0.3) is 0 Å². The Labute approximate surface area is 160 Å². The van der Waals surface area contributed by atoms with Crippen molar-refractivity contribution in [3.63, 3.8) is 0 Å². The van der Waals surface area contributed by atoms with E-state index in [-0.39, 0.29) is 10.8 Å². The van der Waals surface area contributed by atoms with Gasteiger partial charge in [-0.2, -0.15) is 0 Å². The summed E-state index contributed by atoms with van der Waals surface area (Å²) in [6, 6.07) is 9.33. The highest BCUT2D eigenvalue weighted by molar-refractivity contribution is 7.09. The van der Waals surface area contributed by atoms with Crippen molar-refractivity contribution in [1.29, 1.82) is 0 Å². The van der Waals surface area contributed by atoms with Crippen molar-refractivity contribution in [2.45, 2.75) is 6.42 Å². The monoisotopic (exact) mass is 388 g/mol. The molecule has 8 nitrogen and oxygen atoms in total. The number of nitrogens with one attached hydrogen (secondary N) is 1. The molecule has 0 amide bonds. The first-order chi connectivity index (χ1) is 13.0. The lowest BCUT2D eigenvalue weighted by molar-refractivity contribution is 0.325. The molecule has 0 aliphatic carbocycles. The zero-order valence-corrected chi connectivity index (χ0v) is 15.8. The fourth-order valence-electron chi connectivity index (χ4n) is 2.43. The standard InChI is InChI=1S/C18H20N4O4S/c1-22(15-10-16(25-2)20-11-19-15)7-8-26-13-5-3-12(4-6-13)9-14-17(23)21-18(24)27-14/h3-6,10-11,23H,7-9H2,1-2H3,(H,21,24). The highest BCUT2D eigenvalue weighted by Gasteiger charge is 2.08. The Bertz CT molecular complexity index is 939. The van der Waals surface area contributed by atoms with E-state index in [2.05, 4.69) is 15.0 Å². The molecule has 2 aromatic heterocycles. The maximum absolute atomic E-state index is 11.2. The van der Waals surface area contributed by atoms with E-state index < -0.39 is 0 Å². The summed E-state index contributed by atoms with van der Waals surface area (Å²) in [6.45, 7) is 1.13. The van der Waals surface area contributed by atoms with Crippen LogP contribution < -0.4 is 19.2 Å². The molecular formula is C18H20N4O4S. The third-order valence-corrected chi connectivity index (χ3v) is 4.78. The number of rotatable bonds is 8. The van der Waals surface area contributed by atoms with Crippen LogP contribution in [0.4, 0.5) is 5.82 Å².